The number of fused-ring (bicyclic) bond motifs is 1. The Morgan fingerprint density at radius 3 is 2.44 bits per heavy atom. The lowest BCUT2D eigenvalue weighted by atomic mass is 9.91. The minimum Gasteiger partial charge on any atom is -0.444 e. The third kappa shape index (κ3) is 7.72. The molecule has 0 bridgehead atoms. The summed E-state index contributed by atoms with van der Waals surface area (Å²) in [4.78, 5) is 66.5. The van der Waals surface area contributed by atoms with E-state index >= 15 is 0 Å². The van der Waals surface area contributed by atoms with E-state index in [1.54, 1.807) is 26.8 Å². The van der Waals surface area contributed by atoms with Crippen LogP contribution in [0.2, 0.25) is 0 Å². The van der Waals surface area contributed by atoms with Crippen LogP contribution in [0, 0.1) is 17.8 Å². The zero-order chi connectivity index (χ0) is 32.1. The number of carbonyl (C=O) groups excluding carboxylic acids is 5. The Morgan fingerprint density at radius 1 is 1.02 bits per heavy atom. The molecule has 5 amide bonds. The molecule has 2 aromatic carbocycles. The molecule has 2 aromatic rings. The Kier molecular flexibility index (Phi) is 9.57. The van der Waals surface area contributed by atoms with Gasteiger partial charge in [-0.15, -0.1) is 0 Å². The number of benzene rings is 2. The minimum absolute atomic E-state index is 0.149. The zero-order valence-corrected chi connectivity index (χ0v) is 26.1. The SMILES string of the molecule is CC(C)(C)OC(=O)N[C@H](C(=O)N1CCC(CCC#Cc2cccc3c2CN(C2CCC(=O)NC2=O)C3=O)CC1)c1ccccc1. The molecule has 0 aliphatic carbocycles. The van der Waals surface area contributed by atoms with Crippen LogP contribution in [0.15, 0.2) is 48.5 Å². The number of imide groups is 1. The molecule has 236 valence electrons. The summed E-state index contributed by atoms with van der Waals surface area (Å²) in [5, 5.41) is 5.11. The van der Waals surface area contributed by atoms with Gasteiger partial charge < -0.3 is 19.9 Å². The summed E-state index contributed by atoms with van der Waals surface area (Å²) >= 11 is 0. The summed E-state index contributed by atoms with van der Waals surface area (Å²) < 4.78 is 5.42. The number of hydrogen-bond acceptors (Lipinski definition) is 6. The Bertz CT molecular complexity index is 1530. The smallest absolute Gasteiger partial charge is 0.408 e. The molecule has 10 heteroatoms. The number of alkyl carbamates (subject to hydrolysis) is 1. The molecule has 2 atom stereocenters. The number of amides is 5. The second kappa shape index (κ2) is 13.6. The first-order valence-corrected chi connectivity index (χ1v) is 15.6. The fourth-order valence-electron chi connectivity index (χ4n) is 6.12. The van der Waals surface area contributed by atoms with Gasteiger partial charge in [-0.25, -0.2) is 4.79 Å². The Morgan fingerprint density at radius 2 is 1.76 bits per heavy atom. The van der Waals surface area contributed by atoms with Crippen LogP contribution in [-0.4, -0.2) is 64.3 Å². The highest BCUT2D eigenvalue weighted by Crippen LogP contribution is 2.30. The van der Waals surface area contributed by atoms with Crippen LogP contribution in [0.1, 0.15) is 92.4 Å². The molecule has 5 rings (SSSR count). The Labute approximate surface area is 263 Å². The molecule has 45 heavy (non-hydrogen) atoms. The predicted molar refractivity (Wildman–Crippen MR) is 166 cm³/mol. The van der Waals surface area contributed by atoms with Crippen molar-refractivity contribution in [2.75, 3.05) is 13.1 Å². The average molecular weight is 613 g/mol. The van der Waals surface area contributed by atoms with Crippen molar-refractivity contribution in [2.45, 2.75) is 83.5 Å². The molecule has 3 aliphatic heterocycles. The van der Waals surface area contributed by atoms with Crippen LogP contribution in [0.3, 0.4) is 0 Å². The van der Waals surface area contributed by atoms with E-state index in [9.17, 15) is 24.0 Å². The van der Waals surface area contributed by atoms with Crippen molar-refractivity contribution in [1.29, 1.82) is 0 Å². The summed E-state index contributed by atoms with van der Waals surface area (Å²) in [6, 6.07) is 13.2. The monoisotopic (exact) mass is 612 g/mol. The van der Waals surface area contributed by atoms with Crippen LogP contribution in [0.4, 0.5) is 4.79 Å². The van der Waals surface area contributed by atoms with E-state index in [4.69, 9.17) is 4.74 Å². The zero-order valence-electron chi connectivity index (χ0n) is 26.1. The van der Waals surface area contributed by atoms with E-state index in [1.165, 1.54) is 4.90 Å². The van der Waals surface area contributed by atoms with Gasteiger partial charge in [0.05, 0.1) is 0 Å². The summed E-state index contributed by atoms with van der Waals surface area (Å²) in [6.45, 7) is 6.84. The van der Waals surface area contributed by atoms with Crippen molar-refractivity contribution in [1.82, 2.24) is 20.4 Å². The first kappa shape index (κ1) is 31.8. The van der Waals surface area contributed by atoms with Gasteiger partial charge in [0, 0.05) is 43.6 Å². The maximum atomic E-state index is 13.6. The normalized spacial score (nSPS) is 19.3. The van der Waals surface area contributed by atoms with Crippen LogP contribution >= 0.6 is 0 Å². The third-order valence-corrected chi connectivity index (χ3v) is 8.45. The van der Waals surface area contributed by atoms with Crippen molar-refractivity contribution >= 4 is 29.7 Å². The number of rotatable bonds is 6. The number of hydrogen-bond donors (Lipinski definition) is 2. The maximum Gasteiger partial charge on any atom is 0.408 e. The lowest BCUT2D eigenvalue weighted by Gasteiger charge is -2.34. The number of nitrogens with one attached hydrogen (secondary N) is 2. The highest BCUT2D eigenvalue weighted by molar-refractivity contribution is 6.05. The quantitative estimate of drug-likeness (QED) is 0.374. The van der Waals surface area contributed by atoms with E-state index in [2.05, 4.69) is 22.5 Å². The van der Waals surface area contributed by atoms with Gasteiger partial charge in [0.1, 0.15) is 17.7 Å². The van der Waals surface area contributed by atoms with Gasteiger partial charge in [0.25, 0.3) is 5.91 Å². The lowest BCUT2D eigenvalue weighted by Crippen LogP contribution is -2.52. The van der Waals surface area contributed by atoms with Crippen molar-refractivity contribution in [3.63, 3.8) is 0 Å². The molecule has 2 fully saturated rings. The number of nitrogens with zero attached hydrogens (tertiary/aromatic N) is 2. The van der Waals surface area contributed by atoms with Crippen LogP contribution in [0.25, 0.3) is 0 Å². The first-order valence-electron chi connectivity index (χ1n) is 15.6. The first-order chi connectivity index (χ1) is 21.5. The molecule has 0 aromatic heterocycles. The minimum atomic E-state index is -0.825. The van der Waals surface area contributed by atoms with Gasteiger partial charge in [-0.2, -0.15) is 0 Å². The van der Waals surface area contributed by atoms with Crippen molar-refractivity contribution in [2.24, 2.45) is 5.92 Å². The molecule has 2 saturated heterocycles. The molecule has 3 heterocycles. The van der Waals surface area contributed by atoms with Crippen molar-refractivity contribution in [3.8, 4) is 11.8 Å². The van der Waals surface area contributed by atoms with Crippen LogP contribution in [-0.2, 0) is 25.7 Å². The van der Waals surface area contributed by atoms with E-state index < -0.39 is 29.7 Å². The Hall–Kier alpha value is -4.65. The van der Waals surface area contributed by atoms with Gasteiger partial charge in [-0.3, -0.25) is 24.5 Å². The number of likely N-dealkylation sites (tertiary alicyclic amines) is 1. The number of piperidine rings is 2. The van der Waals surface area contributed by atoms with E-state index in [0.29, 0.717) is 49.5 Å². The Balaban J connectivity index is 1.14. The van der Waals surface area contributed by atoms with Gasteiger partial charge in [0.15, 0.2) is 0 Å². The van der Waals surface area contributed by atoms with Crippen molar-refractivity contribution in [3.05, 3.63) is 70.8 Å². The van der Waals surface area contributed by atoms with Crippen molar-refractivity contribution < 1.29 is 28.7 Å². The van der Waals surface area contributed by atoms with E-state index in [-0.39, 0.29) is 24.1 Å². The van der Waals surface area contributed by atoms with E-state index in [0.717, 1.165) is 30.4 Å². The predicted octanol–water partition coefficient (Wildman–Crippen LogP) is 4.08. The summed E-state index contributed by atoms with van der Waals surface area (Å²) in [6.07, 6.45) is 3.17. The molecule has 0 radical (unpaired) electrons. The molecule has 3 aliphatic rings. The molecular weight excluding hydrogens is 572 g/mol. The highest BCUT2D eigenvalue weighted by atomic mass is 16.6. The van der Waals surface area contributed by atoms with Crippen LogP contribution in [0.5, 0.6) is 0 Å². The third-order valence-electron chi connectivity index (χ3n) is 8.45. The molecule has 1 unspecified atom stereocenters. The second-order valence-corrected chi connectivity index (χ2v) is 12.8. The van der Waals surface area contributed by atoms with Gasteiger partial charge >= 0.3 is 6.09 Å². The van der Waals surface area contributed by atoms with Gasteiger partial charge in [0.2, 0.25) is 17.7 Å². The molecule has 0 spiro atoms. The van der Waals surface area contributed by atoms with Crippen LogP contribution < -0.4 is 10.6 Å². The molecular formula is C35H40N4O6. The average Bonchev–Trinajstić information content (AvgIpc) is 3.34. The van der Waals surface area contributed by atoms with E-state index in [1.807, 2.05) is 47.4 Å². The number of ether oxygens (including phenoxy) is 1. The fourth-order valence-corrected chi connectivity index (χ4v) is 6.12. The highest BCUT2D eigenvalue weighted by Gasteiger charge is 2.39. The number of carbonyl (C=O) groups is 5. The van der Waals surface area contributed by atoms with Gasteiger partial charge in [-0.05, 0) is 75.6 Å². The molecule has 2 N–H and O–H groups in total. The summed E-state index contributed by atoms with van der Waals surface area (Å²) in [5.74, 6) is 5.84. The molecule has 10 nitrogen and oxygen atoms in total. The second-order valence-electron chi connectivity index (χ2n) is 12.8. The summed E-state index contributed by atoms with van der Waals surface area (Å²) in [7, 11) is 0. The van der Waals surface area contributed by atoms with Gasteiger partial charge in [-0.1, -0.05) is 48.2 Å². The molecule has 0 saturated carbocycles. The lowest BCUT2D eigenvalue weighted by molar-refractivity contribution is -0.137. The topological polar surface area (TPSA) is 125 Å². The maximum absolute atomic E-state index is 13.6. The summed E-state index contributed by atoms with van der Waals surface area (Å²) in [5.41, 5.74) is 2.18. The fraction of sp³-hybridized carbons (Fsp3) is 0.457. The largest absolute Gasteiger partial charge is 0.444 e. The standard InChI is InChI=1S/C35H40N4O6/c1-35(2,3)45-34(44)37-30(25-12-5-4-6-13-25)33(43)38-20-18-23(19-21-38)10-7-8-11-24-14-9-15-26-27(24)22-39(32(26)42)28-16-17-29(40)36-31(28)41/h4-6,9,12-15,23,28,30H,7,10,16-22H2,1-3H3,(H,37,44)(H,36,40,41)/t28?,30-/m0/s1.